The Kier molecular flexibility index (Phi) is 2.32. The van der Waals surface area contributed by atoms with Gasteiger partial charge in [-0.3, -0.25) is 4.79 Å². The third kappa shape index (κ3) is 1.60. The molecule has 16 heavy (non-hydrogen) atoms. The fraction of sp³-hybridized carbons (Fsp3) is 0.100. The van der Waals surface area contributed by atoms with Crippen molar-refractivity contribution in [2.45, 2.75) is 0 Å². The lowest BCUT2D eigenvalue weighted by Gasteiger charge is -2.05. The van der Waals surface area contributed by atoms with Gasteiger partial charge in [0.25, 0.3) is 11.4 Å². The second kappa shape index (κ2) is 3.65. The third-order valence-electron chi connectivity index (χ3n) is 2.11. The summed E-state index contributed by atoms with van der Waals surface area (Å²) in [6, 6.07) is 6.54. The number of carbonyl (C=O) groups is 1. The summed E-state index contributed by atoms with van der Waals surface area (Å²) in [6.07, 6.45) is -1.46. The molecule has 2 aromatic rings. The van der Waals surface area contributed by atoms with Crippen LogP contribution in [0.1, 0.15) is 0 Å². The number of nitrogens with zero attached hydrogens (tertiary/aromatic N) is 2. The topological polar surface area (TPSA) is 81.4 Å². The van der Waals surface area contributed by atoms with Crippen LogP contribution in [0.3, 0.4) is 0 Å². The monoisotopic (exact) mass is 220 g/mol. The molecule has 0 aliphatic rings. The molecule has 0 fully saturated rings. The lowest BCUT2D eigenvalue weighted by atomic mass is 10.2. The van der Waals surface area contributed by atoms with Gasteiger partial charge in [-0.2, -0.15) is 0 Å². The first-order valence-electron chi connectivity index (χ1n) is 4.46. The minimum atomic E-state index is -1.46. The SMILES string of the molecule is Cn1nc(OC(=O)O)c2ccccc2c1=O. The van der Waals surface area contributed by atoms with Crippen molar-refractivity contribution in [3.05, 3.63) is 34.6 Å². The fourth-order valence-electron chi connectivity index (χ4n) is 1.42. The van der Waals surface area contributed by atoms with Crippen molar-refractivity contribution in [2.24, 2.45) is 7.05 Å². The molecule has 6 nitrogen and oxygen atoms in total. The van der Waals surface area contributed by atoms with Gasteiger partial charge < -0.3 is 9.84 Å². The molecular weight excluding hydrogens is 212 g/mol. The molecule has 0 atom stereocenters. The Morgan fingerprint density at radius 3 is 2.62 bits per heavy atom. The molecule has 1 aromatic heterocycles. The summed E-state index contributed by atoms with van der Waals surface area (Å²) in [5, 5.41) is 13.0. The van der Waals surface area contributed by atoms with Gasteiger partial charge in [0.15, 0.2) is 0 Å². The summed E-state index contributed by atoms with van der Waals surface area (Å²) in [5.74, 6) is -0.0924. The van der Waals surface area contributed by atoms with E-state index >= 15 is 0 Å². The van der Waals surface area contributed by atoms with Gasteiger partial charge in [0.2, 0.25) is 0 Å². The van der Waals surface area contributed by atoms with Gasteiger partial charge in [-0.25, -0.2) is 9.48 Å². The number of aryl methyl sites for hydroxylation is 1. The summed E-state index contributed by atoms with van der Waals surface area (Å²) in [6.45, 7) is 0. The molecule has 2 rings (SSSR count). The van der Waals surface area contributed by atoms with Crippen molar-refractivity contribution < 1.29 is 14.6 Å². The van der Waals surface area contributed by atoms with Crippen molar-refractivity contribution in [3.63, 3.8) is 0 Å². The molecular formula is C10H8N2O4. The minimum absolute atomic E-state index is 0.0924. The molecule has 1 N–H and O–H groups in total. The summed E-state index contributed by atoms with van der Waals surface area (Å²) in [7, 11) is 1.43. The number of rotatable bonds is 1. The molecule has 1 aromatic carbocycles. The molecule has 0 saturated heterocycles. The maximum absolute atomic E-state index is 11.7. The van der Waals surface area contributed by atoms with Crippen LogP contribution in [0.5, 0.6) is 5.88 Å². The zero-order chi connectivity index (χ0) is 11.7. The van der Waals surface area contributed by atoms with Gasteiger partial charge in [0, 0.05) is 7.05 Å². The van der Waals surface area contributed by atoms with Crippen LogP contribution in [0.2, 0.25) is 0 Å². The van der Waals surface area contributed by atoms with Crippen LogP contribution in [0.4, 0.5) is 4.79 Å². The smallest absolute Gasteiger partial charge is 0.449 e. The van der Waals surface area contributed by atoms with E-state index in [4.69, 9.17) is 5.11 Å². The molecule has 1 heterocycles. The zero-order valence-corrected chi connectivity index (χ0v) is 8.38. The van der Waals surface area contributed by atoms with Gasteiger partial charge >= 0.3 is 6.16 Å². The number of hydrogen-bond acceptors (Lipinski definition) is 4. The van der Waals surface area contributed by atoms with Crippen LogP contribution in [-0.4, -0.2) is 21.0 Å². The van der Waals surface area contributed by atoms with E-state index in [0.717, 1.165) is 4.68 Å². The minimum Gasteiger partial charge on any atom is -0.449 e. The molecule has 0 aliphatic heterocycles. The average molecular weight is 220 g/mol. The zero-order valence-electron chi connectivity index (χ0n) is 8.38. The van der Waals surface area contributed by atoms with Crippen LogP contribution < -0.4 is 10.3 Å². The first-order valence-corrected chi connectivity index (χ1v) is 4.46. The maximum atomic E-state index is 11.7. The van der Waals surface area contributed by atoms with E-state index in [1.165, 1.54) is 7.05 Å². The fourth-order valence-corrected chi connectivity index (χ4v) is 1.42. The van der Waals surface area contributed by atoms with E-state index < -0.39 is 6.16 Å². The second-order valence-electron chi connectivity index (χ2n) is 3.15. The average Bonchev–Trinajstić information content (AvgIpc) is 2.25. The van der Waals surface area contributed by atoms with Crippen LogP contribution >= 0.6 is 0 Å². The first kappa shape index (κ1) is 10.2. The first-order chi connectivity index (χ1) is 7.59. The van der Waals surface area contributed by atoms with Gasteiger partial charge in [0.05, 0.1) is 10.8 Å². The third-order valence-corrected chi connectivity index (χ3v) is 2.11. The van der Waals surface area contributed by atoms with Crippen molar-refractivity contribution in [2.75, 3.05) is 0 Å². The van der Waals surface area contributed by atoms with E-state index in [-0.39, 0.29) is 11.4 Å². The van der Waals surface area contributed by atoms with Crippen molar-refractivity contribution in [1.29, 1.82) is 0 Å². The lowest BCUT2D eigenvalue weighted by Crippen LogP contribution is -2.21. The highest BCUT2D eigenvalue weighted by atomic mass is 16.7. The predicted molar refractivity (Wildman–Crippen MR) is 55.6 cm³/mol. The largest absolute Gasteiger partial charge is 0.512 e. The number of hydrogen-bond donors (Lipinski definition) is 1. The summed E-state index contributed by atoms with van der Waals surface area (Å²) in [5.41, 5.74) is -0.298. The maximum Gasteiger partial charge on any atom is 0.512 e. The molecule has 0 radical (unpaired) electrons. The van der Waals surface area contributed by atoms with E-state index in [1.807, 2.05) is 0 Å². The lowest BCUT2D eigenvalue weighted by molar-refractivity contribution is 0.142. The molecule has 0 bridgehead atoms. The Morgan fingerprint density at radius 1 is 1.38 bits per heavy atom. The van der Waals surface area contributed by atoms with Crippen LogP contribution in [0.15, 0.2) is 29.1 Å². The normalized spacial score (nSPS) is 10.3. The van der Waals surface area contributed by atoms with Gasteiger partial charge in [-0.15, -0.1) is 5.10 Å². The number of aromatic nitrogens is 2. The number of fused-ring (bicyclic) bond motifs is 1. The van der Waals surface area contributed by atoms with Gasteiger partial charge in [-0.05, 0) is 12.1 Å². The summed E-state index contributed by atoms with van der Waals surface area (Å²) >= 11 is 0. The van der Waals surface area contributed by atoms with Gasteiger partial charge in [-0.1, -0.05) is 12.1 Å². The molecule has 0 saturated carbocycles. The molecule has 0 spiro atoms. The molecule has 0 amide bonds. The molecule has 0 unspecified atom stereocenters. The highest BCUT2D eigenvalue weighted by Gasteiger charge is 2.11. The van der Waals surface area contributed by atoms with E-state index in [2.05, 4.69) is 9.84 Å². The van der Waals surface area contributed by atoms with Crippen LogP contribution in [-0.2, 0) is 7.05 Å². The quantitative estimate of drug-likeness (QED) is 0.725. The van der Waals surface area contributed by atoms with E-state index in [9.17, 15) is 9.59 Å². The van der Waals surface area contributed by atoms with Crippen LogP contribution in [0, 0.1) is 0 Å². The Labute approximate surface area is 89.7 Å². The van der Waals surface area contributed by atoms with Gasteiger partial charge in [0.1, 0.15) is 0 Å². The highest BCUT2D eigenvalue weighted by molar-refractivity contribution is 5.87. The molecule has 0 aliphatic carbocycles. The van der Waals surface area contributed by atoms with Crippen molar-refractivity contribution in [3.8, 4) is 5.88 Å². The molecule has 6 heteroatoms. The number of ether oxygens (including phenoxy) is 1. The highest BCUT2D eigenvalue weighted by Crippen LogP contribution is 2.19. The Hall–Kier alpha value is -2.37. The summed E-state index contributed by atoms with van der Waals surface area (Å²) < 4.78 is 5.55. The number of benzene rings is 1. The van der Waals surface area contributed by atoms with E-state index in [1.54, 1.807) is 24.3 Å². The number of carboxylic acid groups (broad SMARTS) is 1. The van der Waals surface area contributed by atoms with Crippen molar-refractivity contribution >= 4 is 16.9 Å². The Morgan fingerprint density at radius 2 is 2.00 bits per heavy atom. The predicted octanol–water partition coefficient (Wildman–Crippen LogP) is 0.990. The second-order valence-corrected chi connectivity index (χ2v) is 3.15. The Balaban J connectivity index is 2.79. The van der Waals surface area contributed by atoms with Crippen LogP contribution in [0.25, 0.3) is 10.8 Å². The summed E-state index contributed by atoms with van der Waals surface area (Å²) in [4.78, 5) is 22.1. The standard InChI is InChI=1S/C10H8N2O4/c1-12-9(13)7-5-3-2-4-6(7)8(11-12)16-10(14)15/h2-5H,1H3,(H,14,15). The molecule has 82 valence electrons. The Bertz CT molecular complexity index is 618. The van der Waals surface area contributed by atoms with E-state index in [0.29, 0.717) is 10.8 Å². The van der Waals surface area contributed by atoms with Crippen molar-refractivity contribution in [1.82, 2.24) is 9.78 Å².